The molecule has 1 aliphatic rings. The molecule has 1 heterocycles. The molecular formula is C17H28IN5O4. The number of methoxy groups -OCH3 is 1. The molecule has 2 N–H and O–H groups in total. The second-order valence-electron chi connectivity index (χ2n) is 5.89. The Kier molecular flexibility index (Phi) is 11.9. The predicted molar refractivity (Wildman–Crippen MR) is 115 cm³/mol. The third-order valence-electron chi connectivity index (χ3n) is 3.99. The maximum atomic E-state index is 10.7. The summed E-state index contributed by atoms with van der Waals surface area (Å²) in [5.74, 6) is 0.702. The van der Waals surface area contributed by atoms with E-state index < -0.39 is 4.92 Å². The number of ether oxygens (including phenoxy) is 2. The number of guanidine groups is 1. The van der Waals surface area contributed by atoms with Crippen LogP contribution < -0.4 is 10.6 Å². The zero-order valence-corrected chi connectivity index (χ0v) is 17.9. The average molecular weight is 493 g/mol. The second kappa shape index (κ2) is 13.6. The molecule has 1 aromatic carbocycles. The molecule has 0 unspecified atom stereocenters. The van der Waals surface area contributed by atoms with Crippen LogP contribution in [0.1, 0.15) is 5.56 Å². The lowest BCUT2D eigenvalue weighted by atomic mass is 10.2. The Hall–Kier alpha value is -1.50. The highest BCUT2D eigenvalue weighted by atomic mass is 127. The molecule has 1 aromatic rings. The van der Waals surface area contributed by atoms with E-state index in [1.165, 1.54) is 12.1 Å². The van der Waals surface area contributed by atoms with E-state index in [0.29, 0.717) is 25.7 Å². The Morgan fingerprint density at radius 1 is 1.26 bits per heavy atom. The molecular weight excluding hydrogens is 465 g/mol. The standard InChI is InChI=1S/C17H27N5O4.HI/c1-25-11-7-19-17(18-6-8-21-9-12-26-13-10-21)20-14-15-2-4-16(5-3-15)22(23)24;/h2-5H,6-14H2,1H3,(H2,18,19,20);1H. The van der Waals surface area contributed by atoms with Crippen LogP contribution in [0.4, 0.5) is 5.69 Å². The normalized spacial score (nSPS) is 15.1. The summed E-state index contributed by atoms with van der Waals surface area (Å²) in [5.41, 5.74) is 0.997. The van der Waals surface area contributed by atoms with Crippen LogP contribution in [0, 0.1) is 10.1 Å². The van der Waals surface area contributed by atoms with Gasteiger partial charge in [-0.1, -0.05) is 12.1 Å². The maximum absolute atomic E-state index is 10.7. The number of aliphatic imine (C=N–C) groups is 1. The van der Waals surface area contributed by atoms with E-state index in [9.17, 15) is 10.1 Å². The molecule has 0 atom stereocenters. The zero-order chi connectivity index (χ0) is 18.6. The second-order valence-corrected chi connectivity index (χ2v) is 5.89. The third-order valence-corrected chi connectivity index (χ3v) is 3.99. The van der Waals surface area contributed by atoms with Gasteiger partial charge in [0.1, 0.15) is 0 Å². The summed E-state index contributed by atoms with van der Waals surface area (Å²) in [6.45, 7) is 6.85. The molecule has 2 rings (SSSR count). The molecule has 0 radical (unpaired) electrons. The molecule has 0 aliphatic carbocycles. The van der Waals surface area contributed by atoms with Gasteiger partial charge in [-0.05, 0) is 5.56 Å². The molecule has 0 amide bonds. The summed E-state index contributed by atoms with van der Waals surface area (Å²) in [4.78, 5) is 17.2. The van der Waals surface area contributed by atoms with Gasteiger partial charge in [0.2, 0.25) is 0 Å². The predicted octanol–water partition coefficient (Wildman–Crippen LogP) is 1.23. The van der Waals surface area contributed by atoms with Crippen molar-refractivity contribution in [1.29, 1.82) is 0 Å². The summed E-state index contributed by atoms with van der Waals surface area (Å²) in [6, 6.07) is 6.44. The number of nitrogens with zero attached hydrogens (tertiary/aromatic N) is 3. The number of rotatable bonds is 9. The SMILES string of the molecule is COCCNC(=NCc1ccc([N+](=O)[O-])cc1)NCCN1CCOCC1.I. The monoisotopic (exact) mass is 493 g/mol. The smallest absolute Gasteiger partial charge is 0.269 e. The molecule has 0 spiro atoms. The topological polar surface area (TPSA) is 101 Å². The number of hydrogen-bond donors (Lipinski definition) is 2. The highest BCUT2D eigenvalue weighted by molar-refractivity contribution is 14.0. The fraction of sp³-hybridized carbons (Fsp3) is 0.588. The Morgan fingerprint density at radius 2 is 1.93 bits per heavy atom. The Morgan fingerprint density at radius 3 is 2.56 bits per heavy atom. The number of nitrogens with one attached hydrogen (secondary N) is 2. The third kappa shape index (κ3) is 9.31. The van der Waals surface area contributed by atoms with Gasteiger partial charge in [0.15, 0.2) is 5.96 Å². The number of hydrogen-bond acceptors (Lipinski definition) is 6. The lowest BCUT2D eigenvalue weighted by Crippen LogP contribution is -2.45. The van der Waals surface area contributed by atoms with Crippen molar-refractivity contribution in [2.75, 3.05) is 59.7 Å². The summed E-state index contributed by atoms with van der Waals surface area (Å²) < 4.78 is 10.4. The van der Waals surface area contributed by atoms with E-state index in [0.717, 1.165) is 45.0 Å². The van der Waals surface area contributed by atoms with Crippen molar-refractivity contribution in [2.45, 2.75) is 6.54 Å². The van der Waals surface area contributed by atoms with Crippen molar-refractivity contribution < 1.29 is 14.4 Å². The van der Waals surface area contributed by atoms with Gasteiger partial charge in [-0.15, -0.1) is 24.0 Å². The van der Waals surface area contributed by atoms with E-state index in [1.807, 2.05) is 0 Å². The highest BCUT2D eigenvalue weighted by Gasteiger charge is 2.10. The fourth-order valence-electron chi connectivity index (χ4n) is 2.50. The average Bonchev–Trinajstić information content (AvgIpc) is 2.67. The van der Waals surface area contributed by atoms with E-state index >= 15 is 0 Å². The van der Waals surface area contributed by atoms with Crippen LogP contribution in [-0.2, 0) is 16.0 Å². The van der Waals surface area contributed by atoms with Crippen LogP contribution in [0.2, 0.25) is 0 Å². The molecule has 10 heteroatoms. The van der Waals surface area contributed by atoms with Gasteiger partial charge in [0.05, 0.1) is 31.3 Å². The van der Waals surface area contributed by atoms with Gasteiger partial charge in [0, 0.05) is 52.0 Å². The number of benzene rings is 1. The van der Waals surface area contributed by atoms with Gasteiger partial charge in [0.25, 0.3) is 5.69 Å². The molecule has 1 saturated heterocycles. The van der Waals surface area contributed by atoms with E-state index in [2.05, 4.69) is 20.5 Å². The van der Waals surface area contributed by atoms with Gasteiger partial charge in [-0.25, -0.2) is 4.99 Å². The first kappa shape index (κ1) is 23.5. The molecule has 9 nitrogen and oxygen atoms in total. The number of morpholine rings is 1. The molecule has 0 saturated carbocycles. The van der Waals surface area contributed by atoms with Crippen LogP contribution in [-0.4, -0.2) is 75.4 Å². The van der Waals surface area contributed by atoms with Crippen molar-refractivity contribution >= 4 is 35.6 Å². The molecule has 152 valence electrons. The lowest BCUT2D eigenvalue weighted by Gasteiger charge is -2.26. The lowest BCUT2D eigenvalue weighted by molar-refractivity contribution is -0.384. The number of halogens is 1. The first-order valence-corrected chi connectivity index (χ1v) is 8.73. The van der Waals surface area contributed by atoms with Crippen LogP contribution in [0.5, 0.6) is 0 Å². The highest BCUT2D eigenvalue weighted by Crippen LogP contribution is 2.12. The van der Waals surface area contributed by atoms with E-state index in [1.54, 1.807) is 19.2 Å². The van der Waals surface area contributed by atoms with E-state index in [-0.39, 0.29) is 29.7 Å². The van der Waals surface area contributed by atoms with E-state index in [4.69, 9.17) is 9.47 Å². The quantitative estimate of drug-likeness (QED) is 0.133. The largest absolute Gasteiger partial charge is 0.383 e. The molecule has 27 heavy (non-hydrogen) atoms. The minimum absolute atomic E-state index is 0. The van der Waals surface area contributed by atoms with Crippen molar-refractivity contribution in [3.8, 4) is 0 Å². The minimum atomic E-state index is -0.405. The van der Waals surface area contributed by atoms with Crippen LogP contribution in [0.25, 0.3) is 0 Å². The Balaban J connectivity index is 0.00000364. The van der Waals surface area contributed by atoms with Crippen molar-refractivity contribution in [2.24, 2.45) is 4.99 Å². The molecule has 0 bridgehead atoms. The van der Waals surface area contributed by atoms with Crippen LogP contribution >= 0.6 is 24.0 Å². The summed E-state index contributed by atoms with van der Waals surface area (Å²) in [6.07, 6.45) is 0. The minimum Gasteiger partial charge on any atom is -0.383 e. The van der Waals surface area contributed by atoms with Gasteiger partial charge in [-0.3, -0.25) is 15.0 Å². The molecule has 0 aromatic heterocycles. The first-order chi connectivity index (χ1) is 12.7. The Labute approximate surface area is 176 Å². The number of nitro groups is 1. The zero-order valence-electron chi connectivity index (χ0n) is 15.6. The summed E-state index contributed by atoms with van der Waals surface area (Å²) >= 11 is 0. The van der Waals surface area contributed by atoms with Crippen molar-refractivity contribution in [3.63, 3.8) is 0 Å². The maximum Gasteiger partial charge on any atom is 0.269 e. The van der Waals surface area contributed by atoms with Gasteiger partial charge < -0.3 is 20.1 Å². The fourth-order valence-corrected chi connectivity index (χ4v) is 2.50. The molecule has 1 aliphatic heterocycles. The van der Waals surface area contributed by atoms with Gasteiger partial charge in [-0.2, -0.15) is 0 Å². The van der Waals surface area contributed by atoms with Crippen molar-refractivity contribution in [3.05, 3.63) is 39.9 Å². The van der Waals surface area contributed by atoms with Gasteiger partial charge >= 0.3 is 0 Å². The van der Waals surface area contributed by atoms with Crippen LogP contribution in [0.3, 0.4) is 0 Å². The Bertz CT molecular complexity index is 579. The summed E-state index contributed by atoms with van der Waals surface area (Å²) in [7, 11) is 1.65. The number of non-ortho nitro benzene ring substituents is 1. The summed E-state index contributed by atoms with van der Waals surface area (Å²) in [5, 5.41) is 17.2. The molecule has 1 fully saturated rings. The first-order valence-electron chi connectivity index (χ1n) is 8.73. The van der Waals surface area contributed by atoms with Crippen molar-refractivity contribution in [1.82, 2.24) is 15.5 Å². The van der Waals surface area contributed by atoms with Crippen LogP contribution in [0.15, 0.2) is 29.3 Å². The number of nitro benzene ring substituents is 1.